The lowest BCUT2D eigenvalue weighted by Crippen LogP contribution is -2.02. The lowest BCUT2D eigenvalue weighted by atomic mass is 10.2. The van der Waals surface area contributed by atoms with E-state index in [2.05, 4.69) is 6.92 Å². The molecule has 2 aliphatic rings. The topological polar surface area (TPSA) is 0 Å². The van der Waals surface area contributed by atoms with Gasteiger partial charge in [0.2, 0.25) is 0 Å². The molecular weight excluding hydrogens is 163 g/mol. The molecule has 0 aromatic rings. The molecule has 0 aromatic carbocycles. The second-order valence-electron chi connectivity index (χ2n) is 3.61. The SMILES string of the molecule is C[C@@H]1PCC[C@H](Cl)C2CC21. The molecule has 0 nitrogen and oxygen atoms in total. The third kappa shape index (κ3) is 1.21. The van der Waals surface area contributed by atoms with Crippen LogP contribution in [-0.4, -0.2) is 17.2 Å². The second kappa shape index (κ2) is 2.64. The molecule has 1 aliphatic carbocycles. The van der Waals surface area contributed by atoms with Gasteiger partial charge in [0.25, 0.3) is 0 Å². The maximum Gasteiger partial charge on any atom is 0.0370 e. The Bertz CT molecular complexity index is 123. The lowest BCUT2D eigenvalue weighted by Gasteiger charge is -2.05. The predicted molar refractivity (Wildman–Crippen MR) is 48.5 cm³/mol. The van der Waals surface area contributed by atoms with Crippen LogP contribution in [-0.2, 0) is 0 Å². The van der Waals surface area contributed by atoms with Crippen LogP contribution < -0.4 is 0 Å². The molecule has 0 spiro atoms. The molecule has 0 bridgehead atoms. The Labute approximate surface area is 69.5 Å². The Hall–Kier alpha value is 0.720. The first-order valence-corrected chi connectivity index (χ1v) is 5.88. The zero-order valence-electron chi connectivity index (χ0n) is 6.31. The molecule has 0 aromatic heterocycles. The summed E-state index contributed by atoms with van der Waals surface area (Å²) in [6.07, 6.45) is 4.11. The van der Waals surface area contributed by atoms with Crippen LogP contribution in [0.15, 0.2) is 0 Å². The summed E-state index contributed by atoms with van der Waals surface area (Å²) >= 11 is 6.18. The van der Waals surface area contributed by atoms with Crippen LogP contribution in [0.3, 0.4) is 0 Å². The number of halogens is 1. The van der Waals surface area contributed by atoms with Crippen molar-refractivity contribution >= 4 is 20.2 Å². The highest BCUT2D eigenvalue weighted by Gasteiger charge is 2.46. The first-order valence-electron chi connectivity index (χ1n) is 4.16. The van der Waals surface area contributed by atoms with Gasteiger partial charge in [-0.05, 0) is 36.5 Å². The third-order valence-electron chi connectivity index (χ3n) is 2.88. The zero-order valence-corrected chi connectivity index (χ0v) is 8.06. The van der Waals surface area contributed by atoms with E-state index in [1.54, 1.807) is 0 Å². The summed E-state index contributed by atoms with van der Waals surface area (Å²) in [4.78, 5) is 0. The van der Waals surface area contributed by atoms with Crippen molar-refractivity contribution in [1.82, 2.24) is 0 Å². The quantitative estimate of drug-likeness (QED) is 0.393. The second-order valence-corrected chi connectivity index (χ2v) is 5.99. The number of alkyl halides is 1. The highest BCUT2D eigenvalue weighted by Crippen LogP contribution is 2.54. The van der Waals surface area contributed by atoms with E-state index in [1.165, 1.54) is 27.6 Å². The number of fused-ring (bicyclic) bond motifs is 1. The summed E-state index contributed by atoms with van der Waals surface area (Å²) in [5.74, 6) is 1.93. The van der Waals surface area contributed by atoms with Crippen LogP contribution in [0, 0.1) is 11.8 Å². The maximum absolute atomic E-state index is 6.18. The standard InChI is InChI=1S/C8H14ClP/c1-5-6-4-7(6)8(9)2-3-10-5/h5-8,10H,2-4H2,1H3/t5-,6?,7?,8-/m0/s1. The van der Waals surface area contributed by atoms with E-state index < -0.39 is 0 Å². The Kier molecular flexibility index (Phi) is 1.95. The summed E-state index contributed by atoms with van der Waals surface area (Å²) < 4.78 is 0. The van der Waals surface area contributed by atoms with Crippen LogP contribution in [0.2, 0.25) is 0 Å². The Morgan fingerprint density at radius 3 is 3.00 bits per heavy atom. The van der Waals surface area contributed by atoms with Gasteiger partial charge in [-0.3, -0.25) is 0 Å². The fraction of sp³-hybridized carbons (Fsp3) is 1.00. The molecule has 0 amide bonds. The summed E-state index contributed by atoms with van der Waals surface area (Å²) in [6.45, 7) is 2.40. The summed E-state index contributed by atoms with van der Waals surface area (Å²) in [5.41, 5.74) is 0.994. The van der Waals surface area contributed by atoms with E-state index in [1.807, 2.05) is 0 Å². The van der Waals surface area contributed by atoms with Crippen LogP contribution in [0.25, 0.3) is 0 Å². The van der Waals surface area contributed by atoms with E-state index in [-0.39, 0.29) is 0 Å². The monoisotopic (exact) mass is 176 g/mol. The molecule has 2 heteroatoms. The third-order valence-corrected chi connectivity index (χ3v) is 5.08. The largest absolute Gasteiger partial charge is 0.123 e. The first kappa shape index (κ1) is 7.37. The van der Waals surface area contributed by atoms with Crippen LogP contribution in [0.5, 0.6) is 0 Å². The normalized spacial score (nSPS) is 55.8. The summed E-state index contributed by atoms with van der Waals surface area (Å²) in [6, 6.07) is 0. The summed E-state index contributed by atoms with van der Waals surface area (Å²) in [5, 5.41) is 0.530. The van der Waals surface area contributed by atoms with Gasteiger partial charge in [-0.1, -0.05) is 6.92 Å². The van der Waals surface area contributed by atoms with Crippen molar-refractivity contribution < 1.29 is 0 Å². The van der Waals surface area contributed by atoms with Crippen LogP contribution in [0.1, 0.15) is 19.8 Å². The Morgan fingerprint density at radius 1 is 1.40 bits per heavy atom. The average molecular weight is 177 g/mol. The Morgan fingerprint density at radius 2 is 2.20 bits per heavy atom. The molecule has 1 heterocycles. The van der Waals surface area contributed by atoms with E-state index in [0.717, 1.165) is 17.5 Å². The minimum absolute atomic E-state index is 0.530. The average Bonchev–Trinajstić information content (AvgIpc) is 2.63. The minimum atomic E-state index is 0.530. The molecule has 2 fully saturated rings. The highest BCUT2D eigenvalue weighted by atomic mass is 35.5. The van der Waals surface area contributed by atoms with Crippen molar-refractivity contribution in [2.24, 2.45) is 11.8 Å². The fourth-order valence-corrected chi connectivity index (χ4v) is 4.24. The summed E-state index contributed by atoms with van der Waals surface area (Å²) in [7, 11) is 1.19. The van der Waals surface area contributed by atoms with Gasteiger partial charge < -0.3 is 0 Å². The number of rotatable bonds is 0. The van der Waals surface area contributed by atoms with Gasteiger partial charge in [0.1, 0.15) is 0 Å². The van der Waals surface area contributed by atoms with Crippen molar-refractivity contribution in [2.75, 3.05) is 6.16 Å². The van der Waals surface area contributed by atoms with Gasteiger partial charge in [0.15, 0.2) is 0 Å². The molecule has 1 saturated heterocycles. The smallest absolute Gasteiger partial charge is 0.0370 e. The van der Waals surface area contributed by atoms with Crippen molar-refractivity contribution in [3.63, 3.8) is 0 Å². The van der Waals surface area contributed by atoms with Gasteiger partial charge in [-0.15, -0.1) is 20.2 Å². The van der Waals surface area contributed by atoms with Crippen molar-refractivity contribution in [3.05, 3.63) is 0 Å². The maximum atomic E-state index is 6.18. The fourth-order valence-electron chi connectivity index (χ4n) is 2.04. The molecule has 5 atom stereocenters. The molecule has 58 valence electrons. The lowest BCUT2D eigenvalue weighted by molar-refractivity contribution is 0.656. The number of hydrogen-bond donors (Lipinski definition) is 0. The van der Waals surface area contributed by atoms with E-state index in [9.17, 15) is 0 Å². The van der Waals surface area contributed by atoms with E-state index in [4.69, 9.17) is 11.6 Å². The molecule has 1 aliphatic heterocycles. The van der Waals surface area contributed by atoms with Crippen LogP contribution in [0.4, 0.5) is 0 Å². The van der Waals surface area contributed by atoms with E-state index >= 15 is 0 Å². The Balaban J connectivity index is 2.00. The highest BCUT2D eigenvalue weighted by molar-refractivity contribution is 7.38. The molecule has 1 saturated carbocycles. The van der Waals surface area contributed by atoms with E-state index in [0.29, 0.717) is 5.38 Å². The molecule has 0 N–H and O–H groups in total. The van der Waals surface area contributed by atoms with Crippen molar-refractivity contribution in [3.8, 4) is 0 Å². The minimum Gasteiger partial charge on any atom is -0.123 e. The van der Waals surface area contributed by atoms with Gasteiger partial charge >= 0.3 is 0 Å². The zero-order chi connectivity index (χ0) is 7.14. The van der Waals surface area contributed by atoms with Crippen LogP contribution >= 0.6 is 20.2 Å². The number of hydrogen-bond acceptors (Lipinski definition) is 0. The van der Waals surface area contributed by atoms with Gasteiger partial charge in [-0.2, -0.15) is 0 Å². The van der Waals surface area contributed by atoms with Crippen molar-refractivity contribution in [1.29, 1.82) is 0 Å². The first-order chi connectivity index (χ1) is 4.79. The predicted octanol–water partition coefficient (Wildman–Crippen LogP) is 2.70. The van der Waals surface area contributed by atoms with Crippen molar-refractivity contribution in [2.45, 2.75) is 30.8 Å². The molecule has 0 radical (unpaired) electrons. The van der Waals surface area contributed by atoms with Gasteiger partial charge in [0.05, 0.1) is 0 Å². The molecule has 3 unspecified atom stereocenters. The van der Waals surface area contributed by atoms with Gasteiger partial charge in [0, 0.05) is 5.38 Å². The molecule has 10 heavy (non-hydrogen) atoms. The molecule has 2 rings (SSSR count). The molecular formula is C8H14ClP. The van der Waals surface area contributed by atoms with Gasteiger partial charge in [-0.25, -0.2) is 0 Å².